The van der Waals surface area contributed by atoms with Gasteiger partial charge in [-0.25, -0.2) is 0 Å². The molecule has 1 aliphatic carbocycles. The second-order valence-corrected chi connectivity index (χ2v) is 8.11. The third-order valence-corrected chi connectivity index (χ3v) is 6.14. The fraction of sp³-hybridized carbons (Fsp3) is 0.520. The highest BCUT2D eigenvalue weighted by Gasteiger charge is 2.21. The summed E-state index contributed by atoms with van der Waals surface area (Å²) < 4.78 is 0. The van der Waals surface area contributed by atoms with Crippen LogP contribution in [0.4, 0.5) is 0 Å². The van der Waals surface area contributed by atoms with E-state index in [1.807, 2.05) is 12.1 Å². The molecule has 1 aromatic carbocycles. The average molecular weight is 361 g/mol. The zero-order valence-corrected chi connectivity index (χ0v) is 16.7. The lowest BCUT2D eigenvalue weighted by molar-refractivity contribution is 0.303. The molecule has 0 saturated heterocycles. The van der Waals surface area contributed by atoms with Gasteiger partial charge in [0, 0.05) is 11.9 Å². The van der Waals surface area contributed by atoms with Crippen molar-refractivity contribution in [3.05, 3.63) is 65.0 Å². The minimum atomic E-state index is 0.628. The molecule has 142 valence electrons. The summed E-state index contributed by atoms with van der Waals surface area (Å²) in [6.07, 6.45) is 14.8. The summed E-state index contributed by atoms with van der Waals surface area (Å²) in [4.78, 5) is 4.37. The smallest absolute Gasteiger partial charge is 0.101 e. The van der Waals surface area contributed by atoms with E-state index in [0.29, 0.717) is 5.56 Å². The number of pyridine rings is 1. The Morgan fingerprint density at radius 3 is 2.37 bits per heavy atom. The standard InChI is InChI=1S/C25H32N2/c1-2-3-4-5-20-6-12-23(13-7-20)24-14-8-21(9-15-24)10-16-25-17-11-22(18-26)19-27-25/h8-9,11,14-15,17,19-20,23H,2-7,10,12-13,16H2,1H3. The van der Waals surface area contributed by atoms with Crippen LogP contribution in [0.2, 0.25) is 0 Å². The topological polar surface area (TPSA) is 36.7 Å². The van der Waals surface area contributed by atoms with E-state index >= 15 is 0 Å². The average Bonchev–Trinajstić information content (AvgIpc) is 2.74. The van der Waals surface area contributed by atoms with Crippen LogP contribution < -0.4 is 0 Å². The van der Waals surface area contributed by atoms with Gasteiger partial charge in [-0.2, -0.15) is 5.26 Å². The maximum Gasteiger partial charge on any atom is 0.101 e. The Morgan fingerprint density at radius 2 is 1.74 bits per heavy atom. The molecule has 1 saturated carbocycles. The van der Waals surface area contributed by atoms with Gasteiger partial charge < -0.3 is 0 Å². The van der Waals surface area contributed by atoms with Crippen LogP contribution in [0.5, 0.6) is 0 Å². The molecule has 0 N–H and O–H groups in total. The Hall–Kier alpha value is -2.14. The Morgan fingerprint density at radius 1 is 0.963 bits per heavy atom. The van der Waals surface area contributed by atoms with Gasteiger partial charge >= 0.3 is 0 Å². The molecule has 0 spiro atoms. The van der Waals surface area contributed by atoms with Gasteiger partial charge in [0.2, 0.25) is 0 Å². The molecule has 3 rings (SSSR count). The Labute approximate surface area is 164 Å². The Bertz CT molecular complexity index is 716. The van der Waals surface area contributed by atoms with E-state index < -0.39 is 0 Å². The molecular formula is C25H32N2. The molecule has 2 nitrogen and oxygen atoms in total. The first-order chi connectivity index (χ1) is 13.3. The van der Waals surface area contributed by atoms with Crippen molar-refractivity contribution >= 4 is 0 Å². The zero-order valence-electron chi connectivity index (χ0n) is 16.7. The van der Waals surface area contributed by atoms with E-state index in [9.17, 15) is 0 Å². The first-order valence-corrected chi connectivity index (χ1v) is 10.7. The molecule has 1 aromatic heterocycles. The minimum Gasteiger partial charge on any atom is -0.260 e. The lowest BCUT2D eigenvalue weighted by Crippen LogP contribution is -2.13. The second-order valence-electron chi connectivity index (χ2n) is 8.11. The van der Waals surface area contributed by atoms with Crippen LogP contribution in [-0.4, -0.2) is 4.98 Å². The predicted molar refractivity (Wildman–Crippen MR) is 112 cm³/mol. The third-order valence-electron chi connectivity index (χ3n) is 6.14. The molecule has 1 heterocycles. The highest BCUT2D eigenvalue weighted by atomic mass is 14.7. The van der Waals surface area contributed by atoms with Crippen molar-refractivity contribution in [3.8, 4) is 6.07 Å². The number of aryl methyl sites for hydroxylation is 2. The molecule has 2 heteroatoms. The van der Waals surface area contributed by atoms with Crippen molar-refractivity contribution in [2.24, 2.45) is 5.92 Å². The van der Waals surface area contributed by atoms with E-state index in [4.69, 9.17) is 5.26 Å². The van der Waals surface area contributed by atoms with E-state index in [2.05, 4.69) is 42.2 Å². The molecular weight excluding hydrogens is 328 g/mol. The number of aromatic nitrogens is 1. The van der Waals surface area contributed by atoms with Crippen LogP contribution in [-0.2, 0) is 12.8 Å². The summed E-state index contributed by atoms with van der Waals surface area (Å²) in [5.41, 5.74) is 4.59. The van der Waals surface area contributed by atoms with Gasteiger partial charge in [0.05, 0.1) is 5.56 Å². The number of hydrogen-bond donors (Lipinski definition) is 0. The van der Waals surface area contributed by atoms with Crippen LogP contribution in [0.1, 0.15) is 86.6 Å². The number of rotatable bonds is 8. The zero-order chi connectivity index (χ0) is 18.9. The van der Waals surface area contributed by atoms with Crippen molar-refractivity contribution in [2.45, 2.75) is 77.0 Å². The summed E-state index contributed by atoms with van der Waals surface area (Å²) in [6, 6.07) is 15.2. The molecule has 0 unspecified atom stereocenters. The number of unbranched alkanes of at least 4 members (excludes halogenated alkanes) is 2. The molecule has 1 aliphatic rings. The van der Waals surface area contributed by atoms with E-state index in [-0.39, 0.29) is 0 Å². The monoisotopic (exact) mass is 360 g/mol. The lowest BCUT2D eigenvalue weighted by Gasteiger charge is -2.29. The Kier molecular flexibility index (Phi) is 7.45. The minimum absolute atomic E-state index is 0.628. The first-order valence-electron chi connectivity index (χ1n) is 10.7. The summed E-state index contributed by atoms with van der Waals surface area (Å²) in [6.45, 7) is 2.29. The molecule has 0 amide bonds. The van der Waals surface area contributed by atoms with Crippen molar-refractivity contribution in [3.63, 3.8) is 0 Å². The molecule has 1 fully saturated rings. The molecule has 2 aromatic rings. The fourth-order valence-electron chi connectivity index (χ4n) is 4.33. The van der Waals surface area contributed by atoms with Crippen molar-refractivity contribution in [1.82, 2.24) is 4.98 Å². The van der Waals surface area contributed by atoms with Crippen LogP contribution in [0, 0.1) is 17.2 Å². The summed E-state index contributed by atoms with van der Waals surface area (Å²) in [5.74, 6) is 1.74. The maximum absolute atomic E-state index is 8.84. The SMILES string of the molecule is CCCCCC1CCC(c2ccc(CCc3ccc(C#N)cn3)cc2)CC1. The van der Waals surface area contributed by atoms with Crippen molar-refractivity contribution < 1.29 is 0 Å². The van der Waals surface area contributed by atoms with Crippen LogP contribution in [0.25, 0.3) is 0 Å². The quantitative estimate of drug-likeness (QED) is 0.498. The van der Waals surface area contributed by atoms with E-state index in [1.54, 1.807) is 6.20 Å². The molecule has 0 atom stereocenters. The summed E-state index contributed by atoms with van der Waals surface area (Å²) >= 11 is 0. The normalized spacial score (nSPS) is 19.6. The van der Waals surface area contributed by atoms with E-state index in [1.165, 1.54) is 62.5 Å². The number of benzene rings is 1. The molecule has 27 heavy (non-hydrogen) atoms. The Balaban J connectivity index is 1.45. The van der Waals surface area contributed by atoms with Gasteiger partial charge in [0.25, 0.3) is 0 Å². The highest BCUT2D eigenvalue weighted by Crippen LogP contribution is 2.37. The van der Waals surface area contributed by atoms with Gasteiger partial charge in [-0.05, 0) is 73.6 Å². The number of nitriles is 1. The lowest BCUT2D eigenvalue weighted by atomic mass is 9.77. The van der Waals surface area contributed by atoms with E-state index in [0.717, 1.165) is 30.4 Å². The van der Waals surface area contributed by atoms with Gasteiger partial charge in [-0.15, -0.1) is 0 Å². The second kappa shape index (κ2) is 10.3. The third kappa shape index (κ3) is 5.93. The fourth-order valence-corrected chi connectivity index (χ4v) is 4.33. The van der Waals surface area contributed by atoms with Crippen LogP contribution >= 0.6 is 0 Å². The van der Waals surface area contributed by atoms with Gasteiger partial charge in [-0.3, -0.25) is 4.98 Å². The largest absolute Gasteiger partial charge is 0.260 e. The molecule has 0 aliphatic heterocycles. The molecule has 0 bridgehead atoms. The van der Waals surface area contributed by atoms with Crippen LogP contribution in [0.15, 0.2) is 42.6 Å². The van der Waals surface area contributed by atoms with Gasteiger partial charge in [0.15, 0.2) is 0 Å². The first kappa shape index (κ1) is 19.6. The number of nitrogens with zero attached hydrogens (tertiary/aromatic N) is 2. The molecule has 0 radical (unpaired) electrons. The van der Waals surface area contributed by atoms with Gasteiger partial charge in [-0.1, -0.05) is 56.9 Å². The van der Waals surface area contributed by atoms with Crippen molar-refractivity contribution in [2.75, 3.05) is 0 Å². The summed E-state index contributed by atoms with van der Waals surface area (Å²) in [5, 5.41) is 8.84. The van der Waals surface area contributed by atoms with Gasteiger partial charge in [0.1, 0.15) is 6.07 Å². The highest BCUT2D eigenvalue weighted by molar-refractivity contribution is 5.28. The summed E-state index contributed by atoms with van der Waals surface area (Å²) in [7, 11) is 0. The van der Waals surface area contributed by atoms with Crippen LogP contribution in [0.3, 0.4) is 0 Å². The van der Waals surface area contributed by atoms with Crippen molar-refractivity contribution in [1.29, 1.82) is 5.26 Å². The maximum atomic E-state index is 8.84. The number of hydrogen-bond acceptors (Lipinski definition) is 2. The predicted octanol–water partition coefficient (Wildman–Crippen LogP) is 6.59.